The molecule has 5 fully saturated rings. The monoisotopic (exact) mass is 1120 g/mol. The summed E-state index contributed by atoms with van der Waals surface area (Å²) >= 11 is 0. The number of aliphatic hydroxyl groups excluding tert-OH is 7. The summed E-state index contributed by atoms with van der Waals surface area (Å²) in [6, 6.07) is 0. The van der Waals surface area contributed by atoms with Crippen LogP contribution >= 0.6 is 0 Å². The van der Waals surface area contributed by atoms with Gasteiger partial charge in [-0.3, -0.25) is 14.4 Å². The van der Waals surface area contributed by atoms with Gasteiger partial charge in [0, 0.05) is 12.8 Å². The van der Waals surface area contributed by atoms with Crippen LogP contribution in [0.3, 0.4) is 0 Å². The predicted molar refractivity (Wildman–Crippen MR) is 281 cm³/mol. The maximum atomic E-state index is 13.8. The number of fused-ring (bicyclic) bond motifs is 3. The maximum Gasteiger partial charge on any atom is 0.309 e. The van der Waals surface area contributed by atoms with Crippen LogP contribution in [0.5, 0.6) is 0 Å². The molecule has 5 heterocycles. The molecule has 0 radical (unpaired) electrons. The molecule has 5 rings (SSSR count). The first-order valence-electron chi connectivity index (χ1n) is 30.0. The smallest absolute Gasteiger partial charge is 0.309 e. The molecule has 0 aromatic rings. The molecule has 0 spiro atoms. The number of aliphatic hydroxyl groups is 7. The van der Waals surface area contributed by atoms with Crippen LogP contribution < -0.4 is 0 Å². The average molecular weight is 1120 g/mol. The fraction of sp³-hybridized carbons (Fsp3) is 0.947. The Hall–Kier alpha value is -2.19. The SMILES string of the molecule is CCCCCCCCCCCC(=O)OC1C(OC2C(C)OC3OC4C(OC(CCCCC)CCCCCCCCCC(=O)OC2C3O)OC(CO)C(O)C4O)OC(C)C(OC2OC(C)C(OC(=O)C(C)CC)C(O)C2O)C1O. The van der Waals surface area contributed by atoms with E-state index in [-0.39, 0.29) is 18.9 Å². The van der Waals surface area contributed by atoms with Crippen molar-refractivity contribution in [2.24, 2.45) is 5.92 Å². The first-order chi connectivity index (χ1) is 37.4. The third kappa shape index (κ3) is 19.5. The molecule has 454 valence electrons. The van der Waals surface area contributed by atoms with Crippen LogP contribution in [0.15, 0.2) is 0 Å². The molecule has 0 aliphatic carbocycles. The van der Waals surface area contributed by atoms with Crippen molar-refractivity contribution in [2.45, 2.75) is 331 Å². The molecule has 2 bridgehead atoms. The Morgan fingerprint density at radius 1 is 0.551 bits per heavy atom. The number of carbonyl (C=O) groups is 3. The van der Waals surface area contributed by atoms with Crippen LogP contribution in [0, 0.1) is 5.92 Å². The van der Waals surface area contributed by atoms with Gasteiger partial charge in [-0.25, -0.2) is 0 Å². The molecule has 21 heteroatoms. The van der Waals surface area contributed by atoms with Gasteiger partial charge in [0.15, 0.2) is 43.5 Å². The molecule has 7 N–H and O–H groups in total. The third-order valence-electron chi connectivity index (χ3n) is 16.1. The largest absolute Gasteiger partial charge is 0.457 e. The second-order valence-electron chi connectivity index (χ2n) is 22.6. The van der Waals surface area contributed by atoms with Gasteiger partial charge in [0.25, 0.3) is 0 Å². The minimum atomic E-state index is -1.83. The molecular weight excluding hydrogens is 1020 g/mol. The van der Waals surface area contributed by atoms with Gasteiger partial charge >= 0.3 is 17.9 Å². The summed E-state index contributed by atoms with van der Waals surface area (Å²) in [4.78, 5) is 40.2. The highest BCUT2D eigenvalue weighted by Gasteiger charge is 2.57. The summed E-state index contributed by atoms with van der Waals surface area (Å²) < 4.78 is 68.0. The van der Waals surface area contributed by atoms with Crippen LogP contribution in [0.25, 0.3) is 0 Å². The number of esters is 3. The lowest BCUT2D eigenvalue weighted by molar-refractivity contribution is -0.388. The van der Waals surface area contributed by atoms with Crippen molar-refractivity contribution in [3.05, 3.63) is 0 Å². The first-order valence-corrected chi connectivity index (χ1v) is 30.0. The van der Waals surface area contributed by atoms with Crippen molar-refractivity contribution in [3.8, 4) is 0 Å². The maximum absolute atomic E-state index is 13.8. The Morgan fingerprint density at radius 2 is 1.14 bits per heavy atom. The van der Waals surface area contributed by atoms with E-state index in [9.17, 15) is 50.1 Å². The van der Waals surface area contributed by atoms with E-state index in [4.69, 9.17) is 52.1 Å². The molecular formula is C57H100O21. The number of rotatable bonds is 23. The van der Waals surface area contributed by atoms with E-state index in [1.165, 1.54) is 26.7 Å². The topological polar surface area (TPSA) is 294 Å². The number of ether oxygens (including phenoxy) is 11. The lowest BCUT2D eigenvalue weighted by atomic mass is 9.95. The Bertz CT molecular complexity index is 1710. The minimum absolute atomic E-state index is 0.00659. The van der Waals surface area contributed by atoms with E-state index in [1.54, 1.807) is 13.8 Å². The van der Waals surface area contributed by atoms with Crippen molar-refractivity contribution < 1.29 is 102 Å². The van der Waals surface area contributed by atoms with E-state index in [0.717, 1.165) is 96.3 Å². The summed E-state index contributed by atoms with van der Waals surface area (Å²) in [5.41, 5.74) is 0. The molecule has 5 saturated heterocycles. The van der Waals surface area contributed by atoms with Crippen LogP contribution in [0.1, 0.15) is 203 Å². The molecule has 0 aromatic heterocycles. The van der Waals surface area contributed by atoms with E-state index >= 15 is 0 Å². The second kappa shape index (κ2) is 34.4. The molecule has 0 aromatic carbocycles. The predicted octanol–water partition coefficient (Wildman–Crippen LogP) is 5.45. The van der Waals surface area contributed by atoms with Crippen LogP contribution in [0.2, 0.25) is 0 Å². The summed E-state index contributed by atoms with van der Waals surface area (Å²) in [5.74, 6) is -2.39. The van der Waals surface area contributed by atoms with Crippen molar-refractivity contribution >= 4 is 17.9 Å². The van der Waals surface area contributed by atoms with E-state index in [0.29, 0.717) is 32.1 Å². The molecule has 22 atom stereocenters. The van der Waals surface area contributed by atoms with Gasteiger partial charge in [0.2, 0.25) is 0 Å². The first kappa shape index (κ1) is 66.6. The van der Waals surface area contributed by atoms with E-state index in [2.05, 4.69) is 13.8 Å². The standard InChI is InChI=1S/C57H100O21/c1-8-11-13-14-15-16-19-22-27-31-40(60)74-52-45(65)48(76-54-44(64)43(63)47(34(5)68-54)75-53(67)33(4)10-3)35(6)70-56(52)77-49-36(7)69-55-46(66)50(49)73-39(59)30-26-23-20-17-18-21-25-29-37(28-24-12-9-2)71-57-51(78-55)42(62)41(61)38(32-58)72-57/h33-38,41-52,54-58,61-66H,8-32H2,1-7H3. The highest BCUT2D eigenvalue weighted by molar-refractivity contribution is 5.72. The zero-order valence-electron chi connectivity index (χ0n) is 47.7. The van der Waals surface area contributed by atoms with Gasteiger partial charge in [-0.15, -0.1) is 0 Å². The average Bonchev–Trinajstić information content (AvgIpc) is 3.52. The van der Waals surface area contributed by atoms with Crippen LogP contribution in [-0.2, 0) is 66.5 Å². The number of carbonyl (C=O) groups excluding carboxylic acids is 3. The quantitative estimate of drug-likeness (QED) is 0.0380. The van der Waals surface area contributed by atoms with Crippen LogP contribution in [-0.4, -0.2) is 189 Å². The van der Waals surface area contributed by atoms with E-state index < -0.39 is 153 Å². The highest BCUT2D eigenvalue weighted by Crippen LogP contribution is 2.37. The second-order valence-corrected chi connectivity index (χ2v) is 22.6. The molecule has 21 nitrogen and oxygen atoms in total. The van der Waals surface area contributed by atoms with Gasteiger partial charge in [0.05, 0.1) is 36.9 Å². The van der Waals surface area contributed by atoms with Gasteiger partial charge < -0.3 is 87.9 Å². The van der Waals surface area contributed by atoms with Gasteiger partial charge in [-0.05, 0) is 52.9 Å². The zero-order valence-corrected chi connectivity index (χ0v) is 47.7. The van der Waals surface area contributed by atoms with Crippen LogP contribution in [0.4, 0.5) is 0 Å². The molecule has 78 heavy (non-hydrogen) atoms. The Morgan fingerprint density at radius 3 is 1.81 bits per heavy atom. The molecule has 0 amide bonds. The molecule has 22 unspecified atom stereocenters. The summed E-state index contributed by atoms with van der Waals surface area (Å²) in [6.45, 7) is 11.8. The van der Waals surface area contributed by atoms with Crippen molar-refractivity contribution in [1.29, 1.82) is 0 Å². The number of hydrogen-bond donors (Lipinski definition) is 7. The van der Waals surface area contributed by atoms with Gasteiger partial charge in [-0.2, -0.15) is 0 Å². The number of hydrogen-bond acceptors (Lipinski definition) is 21. The summed E-state index contributed by atoms with van der Waals surface area (Å²) in [6.07, 6.45) is -10.2. The lowest BCUT2D eigenvalue weighted by Crippen LogP contribution is -2.67. The molecule has 0 saturated carbocycles. The van der Waals surface area contributed by atoms with Crippen molar-refractivity contribution in [3.63, 3.8) is 0 Å². The lowest BCUT2D eigenvalue weighted by Gasteiger charge is -2.49. The summed E-state index contributed by atoms with van der Waals surface area (Å²) in [7, 11) is 0. The Balaban J connectivity index is 1.40. The van der Waals surface area contributed by atoms with E-state index in [1.807, 2.05) is 6.92 Å². The van der Waals surface area contributed by atoms with Crippen molar-refractivity contribution in [2.75, 3.05) is 6.61 Å². The number of unbranched alkanes of at least 4 members (excludes halogenated alkanes) is 10. The molecule has 5 aliphatic heterocycles. The van der Waals surface area contributed by atoms with Gasteiger partial charge in [-0.1, -0.05) is 137 Å². The minimum Gasteiger partial charge on any atom is -0.457 e. The Labute approximate surface area is 462 Å². The summed E-state index contributed by atoms with van der Waals surface area (Å²) in [5, 5.41) is 79.9. The van der Waals surface area contributed by atoms with Crippen molar-refractivity contribution in [1.82, 2.24) is 0 Å². The third-order valence-corrected chi connectivity index (χ3v) is 16.1. The Kier molecular flexibility index (Phi) is 29.4. The highest BCUT2D eigenvalue weighted by atomic mass is 16.8. The van der Waals surface area contributed by atoms with Gasteiger partial charge in [0.1, 0.15) is 61.0 Å². The normalized spacial score (nSPS) is 39.1. The zero-order chi connectivity index (χ0) is 56.9. The fourth-order valence-electron chi connectivity index (χ4n) is 10.9. The molecule has 5 aliphatic rings. The fourth-order valence-corrected chi connectivity index (χ4v) is 10.9.